The van der Waals surface area contributed by atoms with Crippen molar-refractivity contribution < 1.29 is 13.7 Å². The number of hydrogen-bond acceptors (Lipinski definition) is 8. The maximum Gasteiger partial charge on any atom is 0.275 e. The highest BCUT2D eigenvalue weighted by atomic mass is 19.1. The van der Waals surface area contributed by atoms with E-state index < -0.39 is 27.8 Å². The van der Waals surface area contributed by atoms with Gasteiger partial charge in [-0.05, 0) is 12.1 Å². The Morgan fingerprint density at radius 2 is 1.93 bits per heavy atom. The first-order valence-corrected chi connectivity index (χ1v) is 8.34. The molecular formula is C18H10F2N8O2. The van der Waals surface area contributed by atoms with E-state index >= 15 is 0 Å². The number of non-ortho nitro benzene ring substituents is 1. The molecule has 0 radical (unpaired) electrons. The Labute approximate surface area is 166 Å². The first kappa shape index (κ1) is 18.8. The molecule has 0 unspecified atom stereocenters. The van der Waals surface area contributed by atoms with Gasteiger partial charge in [0.05, 0.1) is 29.9 Å². The van der Waals surface area contributed by atoms with Crippen molar-refractivity contribution in [2.45, 2.75) is 6.54 Å². The molecule has 0 amide bonds. The van der Waals surface area contributed by atoms with Gasteiger partial charge in [0.1, 0.15) is 34.6 Å². The number of rotatable bonds is 4. The number of imidazole rings is 1. The molecule has 0 aliphatic rings. The molecular weight excluding hydrogens is 398 g/mol. The summed E-state index contributed by atoms with van der Waals surface area (Å²) in [5.41, 5.74) is 6.20. The van der Waals surface area contributed by atoms with Gasteiger partial charge in [-0.2, -0.15) is 10.2 Å². The van der Waals surface area contributed by atoms with Crippen LogP contribution in [0.2, 0.25) is 0 Å². The number of anilines is 1. The molecule has 0 spiro atoms. The van der Waals surface area contributed by atoms with E-state index in [9.17, 15) is 18.9 Å². The van der Waals surface area contributed by atoms with E-state index in [2.05, 4.69) is 19.9 Å². The second-order valence-electron chi connectivity index (χ2n) is 6.16. The van der Waals surface area contributed by atoms with E-state index in [1.165, 1.54) is 23.2 Å². The molecule has 10 nitrogen and oxygen atoms in total. The number of nitrogens with zero attached hydrogens (tertiary/aromatic N) is 7. The molecule has 148 valence electrons. The quantitative estimate of drug-likeness (QED) is 0.400. The molecule has 0 saturated carbocycles. The van der Waals surface area contributed by atoms with Crippen molar-refractivity contribution in [3.05, 3.63) is 69.8 Å². The summed E-state index contributed by atoms with van der Waals surface area (Å²) < 4.78 is 29.9. The first-order chi connectivity index (χ1) is 14.4. The van der Waals surface area contributed by atoms with Crippen molar-refractivity contribution in [3.63, 3.8) is 0 Å². The van der Waals surface area contributed by atoms with E-state index in [0.717, 1.165) is 0 Å². The van der Waals surface area contributed by atoms with E-state index in [1.54, 1.807) is 6.07 Å². The van der Waals surface area contributed by atoms with Crippen molar-refractivity contribution >= 4 is 22.8 Å². The van der Waals surface area contributed by atoms with Crippen LogP contribution >= 0.6 is 0 Å². The monoisotopic (exact) mass is 408 g/mol. The van der Waals surface area contributed by atoms with E-state index in [-0.39, 0.29) is 23.8 Å². The van der Waals surface area contributed by atoms with Crippen molar-refractivity contribution in [2.75, 3.05) is 5.73 Å². The van der Waals surface area contributed by atoms with Gasteiger partial charge in [0, 0.05) is 17.3 Å². The number of pyridine rings is 1. The van der Waals surface area contributed by atoms with Gasteiger partial charge in [-0.15, -0.1) is 0 Å². The Bertz CT molecular complexity index is 1340. The Kier molecular flexibility index (Phi) is 4.47. The molecule has 30 heavy (non-hydrogen) atoms. The van der Waals surface area contributed by atoms with E-state index in [0.29, 0.717) is 28.9 Å². The molecule has 3 aromatic heterocycles. The number of benzene rings is 1. The summed E-state index contributed by atoms with van der Waals surface area (Å²) in [5, 5.41) is 19.8. The number of nitriles is 1. The van der Waals surface area contributed by atoms with Gasteiger partial charge in [0.25, 0.3) is 5.69 Å². The molecule has 0 bridgehead atoms. The fourth-order valence-corrected chi connectivity index (χ4v) is 2.93. The molecule has 4 aromatic rings. The Morgan fingerprint density at radius 3 is 2.60 bits per heavy atom. The number of nitrogen functional groups attached to an aromatic ring is 1. The molecule has 3 heterocycles. The minimum Gasteiger partial charge on any atom is -0.368 e. The molecule has 0 atom stereocenters. The van der Waals surface area contributed by atoms with Crippen molar-refractivity contribution in [2.24, 2.45) is 0 Å². The summed E-state index contributed by atoms with van der Waals surface area (Å²) >= 11 is 0. The van der Waals surface area contributed by atoms with Gasteiger partial charge < -0.3 is 10.3 Å². The van der Waals surface area contributed by atoms with Gasteiger partial charge in [-0.25, -0.2) is 23.7 Å². The van der Waals surface area contributed by atoms with Crippen molar-refractivity contribution in [1.82, 2.24) is 24.5 Å². The highest BCUT2D eigenvalue weighted by Gasteiger charge is 2.20. The molecule has 0 saturated heterocycles. The van der Waals surface area contributed by atoms with E-state index in [1.807, 2.05) is 6.07 Å². The predicted octanol–water partition coefficient (Wildman–Crippen LogP) is 2.58. The number of aromatic nitrogens is 5. The third-order valence-corrected chi connectivity index (χ3v) is 4.29. The topological polar surface area (TPSA) is 149 Å². The van der Waals surface area contributed by atoms with Crippen LogP contribution in [0.4, 0.5) is 20.4 Å². The van der Waals surface area contributed by atoms with Crippen LogP contribution < -0.4 is 5.73 Å². The standard InChI is InChI=1S/C18H10F2N8O2/c19-13-4-11(28(29)30)5-14(20)12(13)7-27-8-24-16-15(25-18(22)26-17(16)27)9-1-2-23-10(3-9)6-21/h1-5,8H,7H2,(H2,22,25,26). The number of halogens is 2. The minimum absolute atomic E-state index is 0.112. The van der Waals surface area contributed by atoms with Crippen molar-refractivity contribution in [1.29, 1.82) is 5.26 Å². The van der Waals surface area contributed by atoms with Crippen LogP contribution in [0.15, 0.2) is 36.8 Å². The lowest BCUT2D eigenvalue weighted by molar-refractivity contribution is -0.385. The maximum absolute atomic E-state index is 14.3. The number of hydrogen-bond donors (Lipinski definition) is 1. The summed E-state index contributed by atoms with van der Waals surface area (Å²) in [6.07, 6.45) is 2.73. The fraction of sp³-hybridized carbons (Fsp3) is 0.0556. The SMILES string of the molecule is N#Cc1cc(-c2nc(N)nc3c2ncn3Cc2c(F)cc([N+](=O)[O-])cc2F)ccn1. The van der Waals surface area contributed by atoms with Gasteiger partial charge in [0.15, 0.2) is 5.65 Å². The van der Waals surface area contributed by atoms with Gasteiger partial charge in [0.2, 0.25) is 5.95 Å². The average molecular weight is 408 g/mol. The Hall–Kier alpha value is -4.53. The number of fused-ring (bicyclic) bond motifs is 1. The zero-order valence-corrected chi connectivity index (χ0v) is 15.0. The van der Waals surface area contributed by atoms with Crippen LogP contribution in [0.1, 0.15) is 11.3 Å². The number of nitro benzene ring substituents is 1. The average Bonchev–Trinajstić information content (AvgIpc) is 3.12. The zero-order chi connectivity index (χ0) is 21.4. The summed E-state index contributed by atoms with van der Waals surface area (Å²) in [4.78, 5) is 26.3. The summed E-state index contributed by atoms with van der Waals surface area (Å²) in [5.74, 6) is -2.25. The normalized spacial score (nSPS) is 10.8. The van der Waals surface area contributed by atoms with Crippen LogP contribution in [0.25, 0.3) is 22.4 Å². The smallest absolute Gasteiger partial charge is 0.275 e. The fourth-order valence-electron chi connectivity index (χ4n) is 2.93. The molecule has 0 aliphatic heterocycles. The lowest BCUT2D eigenvalue weighted by Crippen LogP contribution is -2.07. The second-order valence-corrected chi connectivity index (χ2v) is 6.16. The molecule has 0 aliphatic carbocycles. The number of nitrogens with two attached hydrogens (primary N) is 1. The number of nitro groups is 1. The van der Waals surface area contributed by atoms with Crippen LogP contribution in [0.5, 0.6) is 0 Å². The van der Waals surface area contributed by atoms with Crippen LogP contribution in [-0.2, 0) is 6.54 Å². The molecule has 2 N–H and O–H groups in total. The third-order valence-electron chi connectivity index (χ3n) is 4.29. The minimum atomic E-state index is -1.07. The van der Waals surface area contributed by atoms with Crippen LogP contribution in [0, 0.1) is 33.1 Å². The Morgan fingerprint density at radius 1 is 1.20 bits per heavy atom. The highest BCUT2D eigenvalue weighted by molar-refractivity contribution is 5.88. The summed E-state index contributed by atoms with van der Waals surface area (Å²) in [6, 6.07) is 6.31. The molecule has 0 fully saturated rings. The third kappa shape index (κ3) is 3.24. The first-order valence-electron chi connectivity index (χ1n) is 8.34. The lowest BCUT2D eigenvalue weighted by atomic mass is 10.1. The van der Waals surface area contributed by atoms with Crippen LogP contribution in [0.3, 0.4) is 0 Å². The van der Waals surface area contributed by atoms with Crippen molar-refractivity contribution in [3.8, 4) is 17.3 Å². The largest absolute Gasteiger partial charge is 0.368 e. The van der Waals surface area contributed by atoms with Crippen LogP contribution in [-0.4, -0.2) is 29.4 Å². The predicted molar refractivity (Wildman–Crippen MR) is 99.8 cm³/mol. The van der Waals surface area contributed by atoms with E-state index in [4.69, 9.17) is 11.0 Å². The summed E-state index contributed by atoms with van der Waals surface area (Å²) in [7, 11) is 0. The maximum atomic E-state index is 14.3. The Balaban J connectivity index is 1.82. The second kappa shape index (κ2) is 7.13. The summed E-state index contributed by atoms with van der Waals surface area (Å²) in [6.45, 7) is -0.332. The molecule has 1 aromatic carbocycles. The zero-order valence-electron chi connectivity index (χ0n) is 15.0. The highest BCUT2D eigenvalue weighted by Crippen LogP contribution is 2.27. The van der Waals surface area contributed by atoms with Gasteiger partial charge in [-0.3, -0.25) is 10.1 Å². The van der Waals surface area contributed by atoms with Gasteiger partial charge >= 0.3 is 0 Å². The molecule has 12 heteroatoms. The lowest BCUT2D eigenvalue weighted by Gasteiger charge is -2.08. The molecule has 4 rings (SSSR count). The van der Waals surface area contributed by atoms with Gasteiger partial charge in [-0.1, -0.05) is 0 Å².